The van der Waals surface area contributed by atoms with Crippen LogP contribution in [0.1, 0.15) is 24.8 Å². The average Bonchev–Trinajstić information content (AvgIpc) is 2.49. The first-order valence-corrected chi connectivity index (χ1v) is 8.34. The standard InChI is InChI=1S/C15H21BrN2O2S/c1-19-13-10-11(15(17)21)9-12(16)14(13)20-8-7-18-5-3-2-4-6-18/h9-10H,2-8H2,1H3,(H2,17,21). The first-order valence-electron chi connectivity index (χ1n) is 7.14. The lowest BCUT2D eigenvalue weighted by atomic mass is 10.1. The van der Waals surface area contributed by atoms with E-state index in [1.54, 1.807) is 7.11 Å². The van der Waals surface area contributed by atoms with Crippen molar-refractivity contribution >= 4 is 33.1 Å². The number of ether oxygens (including phenoxy) is 2. The summed E-state index contributed by atoms with van der Waals surface area (Å²) in [5.74, 6) is 1.35. The summed E-state index contributed by atoms with van der Waals surface area (Å²) < 4.78 is 12.1. The predicted molar refractivity (Wildman–Crippen MR) is 92.4 cm³/mol. The molecule has 4 nitrogen and oxygen atoms in total. The fraction of sp³-hybridized carbons (Fsp3) is 0.533. The minimum Gasteiger partial charge on any atom is -0.493 e. The molecule has 21 heavy (non-hydrogen) atoms. The number of hydrogen-bond donors (Lipinski definition) is 1. The SMILES string of the molecule is COc1cc(C(N)=S)cc(Br)c1OCCN1CCCCC1. The molecule has 1 aromatic carbocycles. The Hall–Kier alpha value is -0.850. The van der Waals surface area contributed by atoms with Crippen molar-refractivity contribution in [3.63, 3.8) is 0 Å². The molecule has 0 aromatic heterocycles. The van der Waals surface area contributed by atoms with Crippen LogP contribution in [0.5, 0.6) is 11.5 Å². The van der Waals surface area contributed by atoms with Gasteiger partial charge >= 0.3 is 0 Å². The maximum Gasteiger partial charge on any atom is 0.175 e. The zero-order chi connectivity index (χ0) is 15.2. The third-order valence-electron chi connectivity index (χ3n) is 3.62. The maximum absolute atomic E-state index is 5.90. The van der Waals surface area contributed by atoms with Crippen LogP contribution in [0.4, 0.5) is 0 Å². The Morgan fingerprint density at radius 2 is 2.05 bits per heavy atom. The molecule has 0 unspecified atom stereocenters. The summed E-state index contributed by atoms with van der Waals surface area (Å²) in [5, 5.41) is 0. The molecule has 0 bridgehead atoms. The summed E-state index contributed by atoms with van der Waals surface area (Å²) in [6, 6.07) is 3.67. The molecule has 1 saturated heterocycles. The van der Waals surface area contributed by atoms with Gasteiger partial charge in [0.15, 0.2) is 11.5 Å². The van der Waals surface area contributed by atoms with Gasteiger partial charge in [-0.1, -0.05) is 18.6 Å². The number of halogens is 1. The van der Waals surface area contributed by atoms with Crippen molar-refractivity contribution in [2.45, 2.75) is 19.3 Å². The van der Waals surface area contributed by atoms with Crippen molar-refractivity contribution < 1.29 is 9.47 Å². The fourth-order valence-electron chi connectivity index (χ4n) is 2.46. The van der Waals surface area contributed by atoms with E-state index in [9.17, 15) is 0 Å². The third kappa shape index (κ3) is 4.56. The van der Waals surface area contributed by atoms with Gasteiger partial charge < -0.3 is 15.2 Å². The Kier molecular flexibility index (Phi) is 6.26. The summed E-state index contributed by atoms with van der Waals surface area (Å²) in [7, 11) is 1.61. The molecule has 1 aliphatic heterocycles. The number of nitrogens with zero attached hydrogens (tertiary/aromatic N) is 1. The van der Waals surface area contributed by atoms with Gasteiger partial charge in [-0.25, -0.2) is 0 Å². The molecule has 0 aliphatic carbocycles. The smallest absolute Gasteiger partial charge is 0.175 e. The second-order valence-corrected chi connectivity index (χ2v) is 6.40. The Balaban J connectivity index is 1.99. The lowest BCUT2D eigenvalue weighted by Crippen LogP contribution is -2.33. The Bertz CT molecular complexity index is 505. The molecule has 116 valence electrons. The Labute approximate surface area is 139 Å². The normalized spacial score (nSPS) is 15.7. The van der Waals surface area contributed by atoms with E-state index in [1.165, 1.54) is 32.4 Å². The topological polar surface area (TPSA) is 47.7 Å². The molecule has 0 radical (unpaired) electrons. The van der Waals surface area contributed by atoms with Crippen LogP contribution in [0.25, 0.3) is 0 Å². The van der Waals surface area contributed by atoms with Gasteiger partial charge in [-0.3, -0.25) is 4.90 Å². The lowest BCUT2D eigenvalue weighted by Gasteiger charge is -2.26. The first-order chi connectivity index (χ1) is 10.1. The molecule has 2 N–H and O–H groups in total. The van der Waals surface area contributed by atoms with Gasteiger partial charge in [-0.15, -0.1) is 0 Å². The second-order valence-electron chi connectivity index (χ2n) is 5.10. The van der Waals surface area contributed by atoms with Crippen LogP contribution < -0.4 is 15.2 Å². The monoisotopic (exact) mass is 372 g/mol. The number of hydrogen-bond acceptors (Lipinski definition) is 4. The minimum atomic E-state index is 0.342. The van der Waals surface area contributed by atoms with E-state index < -0.39 is 0 Å². The number of thiocarbonyl (C=S) groups is 1. The van der Waals surface area contributed by atoms with Crippen LogP contribution in [0.2, 0.25) is 0 Å². The molecular formula is C15H21BrN2O2S. The summed E-state index contributed by atoms with van der Waals surface area (Å²) in [6.07, 6.45) is 3.92. The Morgan fingerprint density at radius 1 is 1.33 bits per heavy atom. The average molecular weight is 373 g/mol. The molecule has 0 amide bonds. The van der Waals surface area contributed by atoms with Crippen LogP contribution in [0.3, 0.4) is 0 Å². The largest absolute Gasteiger partial charge is 0.493 e. The number of likely N-dealkylation sites (tertiary alicyclic amines) is 1. The highest BCUT2D eigenvalue weighted by Gasteiger charge is 2.14. The molecule has 1 fully saturated rings. The van der Waals surface area contributed by atoms with Gasteiger partial charge in [0.05, 0.1) is 11.6 Å². The lowest BCUT2D eigenvalue weighted by molar-refractivity contribution is 0.180. The van der Waals surface area contributed by atoms with E-state index in [-0.39, 0.29) is 0 Å². The van der Waals surface area contributed by atoms with Crippen molar-refractivity contribution in [1.29, 1.82) is 0 Å². The summed E-state index contributed by atoms with van der Waals surface area (Å²) in [6.45, 7) is 3.91. The molecule has 0 spiro atoms. The van der Waals surface area contributed by atoms with Gasteiger partial charge in [0.1, 0.15) is 11.6 Å². The van der Waals surface area contributed by atoms with E-state index in [1.807, 2.05) is 12.1 Å². The second kappa shape index (κ2) is 7.96. The molecule has 6 heteroatoms. The number of rotatable bonds is 6. The van der Waals surface area contributed by atoms with E-state index in [2.05, 4.69) is 20.8 Å². The molecule has 1 aliphatic rings. The van der Waals surface area contributed by atoms with Crippen LogP contribution in [-0.4, -0.2) is 43.2 Å². The summed E-state index contributed by atoms with van der Waals surface area (Å²) in [5.41, 5.74) is 6.42. The summed E-state index contributed by atoms with van der Waals surface area (Å²) in [4.78, 5) is 2.78. The van der Waals surface area contributed by atoms with Gasteiger partial charge in [0.25, 0.3) is 0 Å². The highest BCUT2D eigenvalue weighted by molar-refractivity contribution is 9.10. The van der Waals surface area contributed by atoms with Crippen molar-refractivity contribution in [2.24, 2.45) is 5.73 Å². The third-order valence-corrected chi connectivity index (χ3v) is 4.44. The number of piperidine rings is 1. The van der Waals surface area contributed by atoms with Crippen LogP contribution in [0, 0.1) is 0 Å². The van der Waals surface area contributed by atoms with Crippen LogP contribution in [-0.2, 0) is 0 Å². The molecule has 1 heterocycles. The number of methoxy groups -OCH3 is 1. The maximum atomic E-state index is 5.90. The van der Waals surface area contributed by atoms with E-state index >= 15 is 0 Å². The van der Waals surface area contributed by atoms with E-state index in [0.717, 1.165) is 16.6 Å². The highest BCUT2D eigenvalue weighted by Crippen LogP contribution is 2.36. The van der Waals surface area contributed by atoms with Crippen molar-refractivity contribution in [3.05, 3.63) is 22.2 Å². The fourth-order valence-corrected chi connectivity index (χ4v) is 3.14. The quantitative estimate of drug-likeness (QED) is 0.777. The summed E-state index contributed by atoms with van der Waals surface area (Å²) >= 11 is 8.50. The van der Waals surface area contributed by atoms with E-state index in [4.69, 9.17) is 27.4 Å². The molecule has 0 saturated carbocycles. The zero-order valence-corrected chi connectivity index (χ0v) is 14.6. The van der Waals surface area contributed by atoms with Crippen molar-refractivity contribution in [3.8, 4) is 11.5 Å². The first kappa shape index (κ1) is 16.5. The molecule has 0 atom stereocenters. The molecule has 2 rings (SSSR count). The molecular weight excluding hydrogens is 352 g/mol. The van der Waals surface area contributed by atoms with Crippen molar-refractivity contribution in [1.82, 2.24) is 4.90 Å². The Morgan fingerprint density at radius 3 is 2.67 bits per heavy atom. The minimum absolute atomic E-state index is 0.342. The van der Waals surface area contributed by atoms with Crippen LogP contribution in [0.15, 0.2) is 16.6 Å². The molecule has 1 aromatic rings. The van der Waals surface area contributed by atoms with Gasteiger partial charge in [-0.05, 0) is 54.0 Å². The number of benzene rings is 1. The zero-order valence-electron chi connectivity index (χ0n) is 12.2. The highest BCUT2D eigenvalue weighted by atomic mass is 79.9. The van der Waals surface area contributed by atoms with Crippen molar-refractivity contribution in [2.75, 3.05) is 33.4 Å². The van der Waals surface area contributed by atoms with Gasteiger partial charge in [0, 0.05) is 12.1 Å². The van der Waals surface area contributed by atoms with Gasteiger partial charge in [-0.2, -0.15) is 0 Å². The number of nitrogens with two attached hydrogens (primary N) is 1. The van der Waals surface area contributed by atoms with E-state index in [0.29, 0.717) is 23.1 Å². The predicted octanol–water partition coefficient (Wildman–Crippen LogP) is 2.96. The van der Waals surface area contributed by atoms with Crippen LogP contribution >= 0.6 is 28.1 Å². The van der Waals surface area contributed by atoms with Gasteiger partial charge in [0.2, 0.25) is 0 Å².